The highest BCUT2D eigenvalue weighted by molar-refractivity contribution is 6.33. The van der Waals surface area contributed by atoms with Crippen LogP contribution in [0.4, 0.5) is 0 Å². The number of nitriles is 1. The van der Waals surface area contributed by atoms with E-state index in [1.54, 1.807) is 18.2 Å². The highest BCUT2D eigenvalue weighted by Gasteiger charge is 2.19. The topological polar surface area (TPSA) is 103 Å². The highest BCUT2D eigenvalue weighted by atomic mass is 35.5. The summed E-state index contributed by atoms with van der Waals surface area (Å²) in [6.45, 7) is 0. The molecular weight excluding hydrogens is 368 g/mol. The van der Waals surface area contributed by atoms with Crippen molar-refractivity contribution in [3.8, 4) is 17.4 Å². The number of amides is 1. The third-order valence-electron chi connectivity index (χ3n) is 4.45. The third-order valence-corrected chi connectivity index (χ3v) is 4.77. The van der Waals surface area contributed by atoms with Crippen LogP contribution in [-0.4, -0.2) is 23.0 Å². The van der Waals surface area contributed by atoms with E-state index in [1.807, 2.05) is 6.07 Å². The van der Waals surface area contributed by atoms with Crippen LogP contribution in [0.3, 0.4) is 0 Å². The van der Waals surface area contributed by atoms with Crippen molar-refractivity contribution in [3.63, 3.8) is 0 Å². The lowest BCUT2D eigenvalue weighted by Gasteiger charge is -2.10. The van der Waals surface area contributed by atoms with Crippen LogP contribution in [0, 0.1) is 11.3 Å². The molecule has 1 aliphatic rings. The molecule has 7 heteroatoms. The summed E-state index contributed by atoms with van der Waals surface area (Å²) in [5, 5.41) is 21.3. The van der Waals surface area contributed by atoms with Gasteiger partial charge in [0.15, 0.2) is 0 Å². The number of nitrogens with one attached hydrogen (secondary N) is 1. The summed E-state index contributed by atoms with van der Waals surface area (Å²) in [5.74, 6) is -0.715. The number of carboxylic acids is 1. The molecule has 1 amide bonds. The highest BCUT2D eigenvalue weighted by Crippen LogP contribution is 2.28. The number of halogens is 1. The number of carbonyl (C=O) groups is 2. The Balaban J connectivity index is 1.78. The van der Waals surface area contributed by atoms with E-state index in [0.717, 1.165) is 25.7 Å². The van der Waals surface area contributed by atoms with Gasteiger partial charge in [-0.2, -0.15) is 5.26 Å². The fraction of sp³-hybridized carbons (Fsp3) is 0.250. The molecule has 0 radical (unpaired) electrons. The number of furan rings is 1. The fourth-order valence-electron chi connectivity index (χ4n) is 3.05. The van der Waals surface area contributed by atoms with E-state index in [1.165, 1.54) is 18.2 Å². The van der Waals surface area contributed by atoms with Gasteiger partial charge in [-0.25, -0.2) is 4.79 Å². The van der Waals surface area contributed by atoms with E-state index < -0.39 is 11.9 Å². The molecule has 1 aliphatic carbocycles. The fourth-order valence-corrected chi connectivity index (χ4v) is 3.31. The van der Waals surface area contributed by atoms with Gasteiger partial charge in [-0.15, -0.1) is 0 Å². The summed E-state index contributed by atoms with van der Waals surface area (Å²) in [5.41, 5.74) is 0.572. The minimum atomic E-state index is -1.11. The van der Waals surface area contributed by atoms with Crippen LogP contribution in [0.2, 0.25) is 5.02 Å². The molecule has 1 aromatic heterocycles. The summed E-state index contributed by atoms with van der Waals surface area (Å²) >= 11 is 5.98. The molecule has 2 aromatic rings. The second kappa shape index (κ2) is 8.11. The Hall–Kier alpha value is -3.04. The molecule has 0 unspecified atom stereocenters. The zero-order chi connectivity index (χ0) is 19.4. The molecule has 27 heavy (non-hydrogen) atoms. The summed E-state index contributed by atoms with van der Waals surface area (Å²) in [4.78, 5) is 23.3. The number of hydrogen-bond acceptors (Lipinski definition) is 4. The monoisotopic (exact) mass is 384 g/mol. The van der Waals surface area contributed by atoms with E-state index in [4.69, 9.17) is 21.1 Å². The van der Waals surface area contributed by atoms with Crippen LogP contribution < -0.4 is 5.32 Å². The average Bonchev–Trinajstić information content (AvgIpc) is 3.31. The number of carbonyl (C=O) groups excluding carboxylic acids is 1. The first-order valence-corrected chi connectivity index (χ1v) is 8.91. The Kier molecular flexibility index (Phi) is 5.63. The van der Waals surface area contributed by atoms with Gasteiger partial charge in [-0.1, -0.05) is 30.5 Å². The first-order chi connectivity index (χ1) is 13.0. The first kappa shape index (κ1) is 18.7. The Morgan fingerprint density at radius 3 is 2.63 bits per heavy atom. The van der Waals surface area contributed by atoms with E-state index in [0.29, 0.717) is 17.1 Å². The largest absolute Gasteiger partial charge is 0.478 e. The van der Waals surface area contributed by atoms with Gasteiger partial charge in [0.1, 0.15) is 23.2 Å². The molecule has 6 nitrogen and oxygen atoms in total. The summed E-state index contributed by atoms with van der Waals surface area (Å²) in [7, 11) is 0. The molecule has 0 saturated heterocycles. The van der Waals surface area contributed by atoms with Gasteiger partial charge in [0.25, 0.3) is 5.91 Å². The molecule has 1 fully saturated rings. The van der Waals surface area contributed by atoms with Gasteiger partial charge in [0, 0.05) is 17.7 Å². The number of carboxylic acid groups (broad SMARTS) is 1. The molecule has 1 heterocycles. The van der Waals surface area contributed by atoms with Crippen molar-refractivity contribution >= 4 is 29.6 Å². The van der Waals surface area contributed by atoms with Crippen molar-refractivity contribution in [1.29, 1.82) is 5.26 Å². The zero-order valence-electron chi connectivity index (χ0n) is 14.4. The Morgan fingerprint density at radius 2 is 2.00 bits per heavy atom. The van der Waals surface area contributed by atoms with Crippen molar-refractivity contribution < 1.29 is 19.1 Å². The smallest absolute Gasteiger partial charge is 0.337 e. The minimum Gasteiger partial charge on any atom is -0.478 e. The Labute approximate surface area is 161 Å². The van der Waals surface area contributed by atoms with Gasteiger partial charge in [-0.05, 0) is 37.1 Å². The third kappa shape index (κ3) is 4.39. The Bertz CT molecular complexity index is 949. The first-order valence-electron chi connectivity index (χ1n) is 8.53. The molecule has 138 valence electrons. The zero-order valence-corrected chi connectivity index (χ0v) is 15.1. The molecule has 2 N–H and O–H groups in total. The predicted molar refractivity (Wildman–Crippen MR) is 100 cm³/mol. The van der Waals surface area contributed by atoms with Crippen molar-refractivity contribution in [2.24, 2.45) is 0 Å². The summed E-state index contributed by atoms with van der Waals surface area (Å²) in [6, 6.07) is 9.80. The van der Waals surface area contributed by atoms with Crippen LogP contribution in [0.15, 0.2) is 40.3 Å². The van der Waals surface area contributed by atoms with Gasteiger partial charge < -0.3 is 14.8 Å². The molecule has 0 bridgehead atoms. The van der Waals surface area contributed by atoms with E-state index in [9.17, 15) is 14.9 Å². The lowest BCUT2D eigenvalue weighted by molar-refractivity contribution is -0.117. The maximum atomic E-state index is 12.2. The van der Waals surface area contributed by atoms with E-state index in [2.05, 4.69) is 5.32 Å². The average molecular weight is 385 g/mol. The van der Waals surface area contributed by atoms with Crippen LogP contribution in [0.25, 0.3) is 17.4 Å². The summed E-state index contributed by atoms with van der Waals surface area (Å²) in [6.07, 6.45) is 5.43. The van der Waals surface area contributed by atoms with Crippen molar-refractivity contribution in [3.05, 3.63) is 52.3 Å². The lowest BCUT2D eigenvalue weighted by Crippen LogP contribution is -2.33. The van der Waals surface area contributed by atoms with Gasteiger partial charge in [0.05, 0.1) is 10.6 Å². The quantitative estimate of drug-likeness (QED) is 0.592. The van der Waals surface area contributed by atoms with Gasteiger partial charge in [-0.3, -0.25) is 4.79 Å². The molecule has 1 saturated carbocycles. The van der Waals surface area contributed by atoms with Crippen LogP contribution in [-0.2, 0) is 4.79 Å². The predicted octanol–water partition coefficient (Wildman–Crippen LogP) is 4.26. The van der Waals surface area contributed by atoms with Crippen molar-refractivity contribution in [2.45, 2.75) is 31.7 Å². The van der Waals surface area contributed by atoms with Gasteiger partial charge >= 0.3 is 5.97 Å². The minimum absolute atomic E-state index is 0.00226. The standard InChI is InChI=1S/C20H17ClN2O4/c21-17-10-12(5-7-16(17)20(25)26)18-8-6-15(27-18)9-13(11-22)19(24)23-14-3-1-2-4-14/h5-10,14H,1-4H2,(H,23,24)(H,25,26). The maximum absolute atomic E-state index is 12.2. The van der Waals surface area contributed by atoms with Gasteiger partial charge in [0.2, 0.25) is 0 Å². The van der Waals surface area contributed by atoms with E-state index in [-0.39, 0.29) is 22.2 Å². The molecule has 0 spiro atoms. The number of rotatable bonds is 5. The van der Waals surface area contributed by atoms with Crippen LogP contribution in [0.5, 0.6) is 0 Å². The molecule has 0 aliphatic heterocycles. The van der Waals surface area contributed by atoms with Crippen LogP contribution >= 0.6 is 11.6 Å². The second-order valence-corrected chi connectivity index (χ2v) is 6.73. The molecule has 0 atom stereocenters. The molecular formula is C20H17ClN2O4. The van der Waals surface area contributed by atoms with Crippen molar-refractivity contribution in [1.82, 2.24) is 5.32 Å². The number of nitrogens with zero attached hydrogens (tertiary/aromatic N) is 1. The normalized spacial score (nSPS) is 14.7. The number of benzene rings is 1. The van der Waals surface area contributed by atoms with Crippen LogP contribution in [0.1, 0.15) is 41.8 Å². The second-order valence-electron chi connectivity index (χ2n) is 6.33. The number of hydrogen-bond donors (Lipinski definition) is 2. The maximum Gasteiger partial charge on any atom is 0.337 e. The van der Waals surface area contributed by atoms with E-state index >= 15 is 0 Å². The SMILES string of the molecule is N#CC(=Cc1ccc(-c2ccc(C(=O)O)c(Cl)c2)o1)C(=O)NC1CCCC1. The molecule has 1 aromatic carbocycles. The number of aromatic carboxylic acids is 1. The summed E-state index contributed by atoms with van der Waals surface area (Å²) < 4.78 is 5.66. The Morgan fingerprint density at radius 1 is 1.26 bits per heavy atom. The molecule has 3 rings (SSSR count). The lowest BCUT2D eigenvalue weighted by atomic mass is 10.1. The van der Waals surface area contributed by atoms with Crippen molar-refractivity contribution in [2.75, 3.05) is 0 Å².